The van der Waals surface area contributed by atoms with Crippen molar-refractivity contribution in [2.45, 2.75) is 32.4 Å². The molecule has 0 aromatic carbocycles. The molecule has 0 spiro atoms. The van der Waals surface area contributed by atoms with Gasteiger partial charge in [0.15, 0.2) is 0 Å². The molecular formula is C11H18ClN5O. The van der Waals surface area contributed by atoms with Gasteiger partial charge in [-0.3, -0.25) is 0 Å². The van der Waals surface area contributed by atoms with Crippen LogP contribution in [0.25, 0.3) is 0 Å². The molecule has 0 amide bonds. The van der Waals surface area contributed by atoms with Gasteiger partial charge in [0.05, 0.1) is 12.1 Å². The lowest BCUT2D eigenvalue weighted by Gasteiger charge is -2.26. The van der Waals surface area contributed by atoms with Crippen LogP contribution in [0.3, 0.4) is 0 Å². The quantitative estimate of drug-likeness (QED) is 0.897. The normalized spacial score (nSPS) is 23.1. The van der Waals surface area contributed by atoms with Crippen LogP contribution in [0.15, 0.2) is 0 Å². The van der Waals surface area contributed by atoms with Gasteiger partial charge in [-0.05, 0) is 31.9 Å². The smallest absolute Gasteiger partial charge is 0.231 e. The lowest BCUT2D eigenvalue weighted by molar-refractivity contribution is 0.118. The molecule has 1 saturated heterocycles. The highest BCUT2D eigenvalue weighted by Crippen LogP contribution is 2.22. The average molecular weight is 272 g/mol. The van der Waals surface area contributed by atoms with Gasteiger partial charge in [0, 0.05) is 20.2 Å². The first kappa shape index (κ1) is 13.3. The van der Waals surface area contributed by atoms with Crippen LogP contribution in [0.4, 0.5) is 11.9 Å². The van der Waals surface area contributed by atoms with Gasteiger partial charge < -0.3 is 15.0 Å². The van der Waals surface area contributed by atoms with Crippen molar-refractivity contribution in [3.63, 3.8) is 0 Å². The first-order valence-corrected chi connectivity index (χ1v) is 6.49. The predicted octanol–water partition coefficient (Wildman–Crippen LogP) is 1.57. The first-order valence-electron chi connectivity index (χ1n) is 6.11. The largest absolute Gasteiger partial charge is 0.376 e. The van der Waals surface area contributed by atoms with Gasteiger partial charge in [0.2, 0.25) is 17.2 Å². The van der Waals surface area contributed by atoms with E-state index >= 15 is 0 Å². The lowest BCUT2D eigenvalue weighted by Crippen LogP contribution is -2.38. The molecular weight excluding hydrogens is 254 g/mol. The van der Waals surface area contributed by atoms with Gasteiger partial charge >= 0.3 is 0 Å². The number of nitrogens with zero attached hydrogens (tertiary/aromatic N) is 4. The fourth-order valence-electron chi connectivity index (χ4n) is 2.11. The highest BCUT2D eigenvalue weighted by atomic mass is 35.5. The summed E-state index contributed by atoms with van der Waals surface area (Å²) in [6.45, 7) is 5.55. The van der Waals surface area contributed by atoms with Crippen LogP contribution < -0.4 is 10.2 Å². The summed E-state index contributed by atoms with van der Waals surface area (Å²) in [5, 5.41) is 3.24. The third-order valence-electron chi connectivity index (χ3n) is 3.08. The molecule has 18 heavy (non-hydrogen) atoms. The molecule has 1 aliphatic rings. The summed E-state index contributed by atoms with van der Waals surface area (Å²) in [5.41, 5.74) is 0. The van der Waals surface area contributed by atoms with Crippen LogP contribution in [-0.2, 0) is 4.74 Å². The Morgan fingerprint density at radius 3 is 2.83 bits per heavy atom. The summed E-state index contributed by atoms with van der Waals surface area (Å²) in [6, 6.07) is 0.276. The van der Waals surface area contributed by atoms with E-state index in [1.54, 1.807) is 0 Å². The molecule has 0 aliphatic carbocycles. The van der Waals surface area contributed by atoms with Gasteiger partial charge in [-0.2, -0.15) is 15.0 Å². The van der Waals surface area contributed by atoms with E-state index in [0.29, 0.717) is 11.9 Å². The van der Waals surface area contributed by atoms with E-state index in [0.717, 1.165) is 19.6 Å². The Morgan fingerprint density at radius 2 is 2.22 bits per heavy atom. The number of likely N-dealkylation sites (N-methyl/N-ethyl adjacent to an activating group) is 1. The predicted molar refractivity (Wildman–Crippen MR) is 71.2 cm³/mol. The fourth-order valence-corrected chi connectivity index (χ4v) is 2.27. The fraction of sp³-hybridized carbons (Fsp3) is 0.727. The second-order valence-electron chi connectivity index (χ2n) is 4.30. The molecule has 1 aromatic rings. The highest BCUT2D eigenvalue weighted by Gasteiger charge is 2.29. The second-order valence-corrected chi connectivity index (χ2v) is 4.64. The maximum absolute atomic E-state index is 5.91. The van der Waals surface area contributed by atoms with Crippen LogP contribution >= 0.6 is 11.6 Å². The number of nitrogens with one attached hydrogen (secondary N) is 1. The molecule has 2 rings (SSSR count). The minimum Gasteiger partial charge on any atom is -0.376 e. The zero-order valence-corrected chi connectivity index (χ0v) is 11.6. The van der Waals surface area contributed by atoms with Gasteiger partial charge in [-0.1, -0.05) is 0 Å². The zero-order valence-electron chi connectivity index (χ0n) is 10.9. The van der Waals surface area contributed by atoms with Gasteiger partial charge in [-0.15, -0.1) is 0 Å². The lowest BCUT2D eigenvalue weighted by atomic mass is 10.1. The van der Waals surface area contributed by atoms with Crippen LogP contribution in [0, 0.1) is 0 Å². The van der Waals surface area contributed by atoms with Crippen molar-refractivity contribution in [1.29, 1.82) is 0 Å². The van der Waals surface area contributed by atoms with E-state index in [9.17, 15) is 0 Å². The number of ether oxygens (including phenoxy) is 1. The third kappa shape index (κ3) is 2.81. The van der Waals surface area contributed by atoms with E-state index in [1.165, 1.54) is 0 Å². The number of anilines is 2. The molecule has 0 saturated carbocycles. The number of hydrogen-bond acceptors (Lipinski definition) is 6. The summed E-state index contributed by atoms with van der Waals surface area (Å²) in [5.74, 6) is 1.08. The van der Waals surface area contributed by atoms with E-state index < -0.39 is 0 Å². The van der Waals surface area contributed by atoms with Crippen LogP contribution in [-0.4, -0.2) is 47.3 Å². The number of aromatic nitrogens is 3. The molecule has 0 radical (unpaired) electrons. The van der Waals surface area contributed by atoms with E-state index in [2.05, 4.69) is 27.2 Å². The van der Waals surface area contributed by atoms with Crippen molar-refractivity contribution in [2.75, 3.05) is 30.4 Å². The van der Waals surface area contributed by atoms with Crippen LogP contribution in [0.1, 0.15) is 20.3 Å². The molecule has 1 fully saturated rings. The van der Waals surface area contributed by atoms with Crippen LogP contribution in [0.5, 0.6) is 0 Å². The van der Waals surface area contributed by atoms with Gasteiger partial charge in [0.1, 0.15) is 0 Å². The van der Waals surface area contributed by atoms with Crippen molar-refractivity contribution in [2.24, 2.45) is 0 Å². The summed E-state index contributed by atoms with van der Waals surface area (Å²) in [7, 11) is 1.96. The SMILES string of the molecule is CCNc1nc(Cl)nc(N(C)C2CCOC2C)n1. The Kier molecular flexibility index (Phi) is 4.19. The third-order valence-corrected chi connectivity index (χ3v) is 3.25. The Morgan fingerprint density at radius 1 is 1.44 bits per heavy atom. The van der Waals surface area contributed by atoms with Crippen molar-refractivity contribution >= 4 is 23.5 Å². The molecule has 7 heteroatoms. The minimum atomic E-state index is 0.174. The highest BCUT2D eigenvalue weighted by molar-refractivity contribution is 6.28. The Bertz CT molecular complexity index is 416. The number of rotatable bonds is 4. The first-order chi connectivity index (χ1) is 8.61. The molecule has 100 valence electrons. The van der Waals surface area contributed by atoms with E-state index in [1.807, 2.05) is 18.9 Å². The summed E-state index contributed by atoms with van der Waals surface area (Å²) in [6.07, 6.45) is 1.14. The summed E-state index contributed by atoms with van der Waals surface area (Å²) >= 11 is 5.91. The topological polar surface area (TPSA) is 63.2 Å². The average Bonchev–Trinajstić information content (AvgIpc) is 2.74. The van der Waals surface area contributed by atoms with Gasteiger partial charge in [-0.25, -0.2) is 0 Å². The molecule has 2 atom stereocenters. The van der Waals surface area contributed by atoms with Crippen LogP contribution in [0.2, 0.25) is 5.28 Å². The molecule has 6 nitrogen and oxygen atoms in total. The Balaban J connectivity index is 2.21. The molecule has 2 unspecified atom stereocenters. The molecule has 1 aromatic heterocycles. The number of hydrogen-bond donors (Lipinski definition) is 1. The standard InChI is InChI=1S/C11H18ClN5O/c1-4-13-10-14-9(12)15-11(16-10)17(3)8-5-6-18-7(8)2/h7-8H,4-6H2,1-3H3,(H,13,14,15,16). The van der Waals surface area contributed by atoms with Crippen molar-refractivity contribution in [3.05, 3.63) is 5.28 Å². The summed E-state index contributed by atoms with van der Waals surface area (Å²) in [4.78, 5) is 14.6. The Labute approximate surface area is 112 Å². The zero-order chi connectivity index (χ0) is 13.1. The van der Waals surface area contributed by atoms with Crippen molar-refractivity contribution in [3.8, 4) is 0 Å². The molecule has 0 bridgehead atoms. The van der Waals surface area contributed by atoms with E-state index in [4.69, 9.17) is 16.3 Å². The van der Waals surface area contributed by atoms with Crippen molar-refractivity contribution < 1.29 is 4.74 Å². The molecule has 1 N–H and O–H groups in total. The Hall–Kier alpha value is -1.14. The minimum absolute atomic E-state index is 0.174. The summed E-state index contributed by atoms with van der Waals surface area (Å²) < 4.78 is 5.55. The monoisotopic (exact) mass is 271 g/mol. The van der Waals surface area contributed by atoms with Gasteiger partial charge in [0.25, 0.3) is 0 Å². The maximum Gasteiger partial charge on any atom is 0.231 e. The molecule has 1 aliphatic heterocycles. The molecule has 2 heterocycles. The maximum atomic E-state index is 5.91. The van der Waals surface area contributed by atoms with E-state index in [-0.39, 0.29) is 17.4 Å². The number of halogens is 1. The van der Waals surface area contributed by atoms with Crippen molar-refractivity contribution in [1.82, 2.24) is 15.0 Å². The second kappa shape index (κ2) is 5.67.